The van der Waals surface area contributed by atoms with Crippen LogP contribution in [-0.2, 0) is 4.79 Å². The molecule has 0 atom stereocenters. The molecule has 0 saturated heterocycles. The number of thiazole rings is 1. The number of amides is 1. The number of nitrogens with zero attached hydrogens (tertiary/aromatic N) is 1. The summed E-state index contributed by atoms with van der Waals surface area (Å²) in [6.07, 6.45) is 0. The molecule has 24 heavy (non-hydrogen) atoms. The number of hydrogen-bond donors (Lipinski definition) is 2. The first-order chi connectivity index (χ1) is 11.6. The molecule has 5 nitrogen and oxygen atoms in total. The summed E-state index contributed by atoms with van der Waals surface area (Å²) in [7, 11) is 0. The summed E-state index contributed by atoms with van der Waals surface area (Å²) in [5.74, 6) is 0.344. The lowest BCUT2D eigenvalue weighted by Crippen LogP contribution is -2.20. The van der Waals surface area contributed by atoms with Crippen molar-refractivity contribution in [1.29, 1.82) is 0 Å². The number of nitrogens with two attached hydrogens (primary N) is 1. The zero-order valence-electron chi connectivity index (χ0n) is 12.5. The number of hydrogen-bond acceptors (Lipinski definition) is 5. The molecule has 1 aromatic heterocycles. The van der Waals surface area contributed by atoms with Crippen LogP contribution in [0.25, 0.3) is 11.3 Å². The Hall–Kier alpha value is -2.57. The van der Waals surface area contributed by atoms with Crippen LogP contribution in [-0.4, -0.2) is 17.5 Å². The lowest BCUT2D eigenvalue weighted by molar-refractivity contribution is -0.118. The van der Waals surface area contributed by atoms with Gasteiger partial charge in [-0.1, -0.05) is 17.7 Å². The van der Waals surface area contributed by atoms with Crippen LogP contribution in [0.4, 0.5) is 10.8 Å². The van der Waals surface area contributed by atoms with Crippen LogP contribution in [0.2, 0.25) is 5.02 Å². The monoisotopic (exact) mass is 359 g/mol. The van der Waals surface area contributed by atoms with Gasteiger partial charge < -0.3 is 15.8 Å². The Labute approximate surface area is 148 Å². The van der Waals surface area contributed by atoms with E-state index in [1.54, 1.807) is 36.4 Å². The maximum absolute atomic E-state index is 11.9. The van der Waals surface area contributed by atoms with Crippen molar-refractivity contribution in [1.82, 2.24) is 4.98 Å². The maximum Gasteiger partial charge on any atom is 0.262 e. The Bertz CT molecular complexity index is 849. The van der Waals surface area contributed by atoms with E-state index < -0.39 is 0 Å². The van der Waals surface area contributed by atoms with Gasteiger partial charge in [0.25, 0.3) is 5.91 Å². The molecule has 0 aliphatic heterocycles. The van der Waals surface area contributed by atoms with Gasteiger partial charge in [0.2, 0.25) is 0 Å². The van der Waals surface area contributed by atoms with Gasteiger partial charge in [-0.25, -0.2) is 4.98 Å². The third-order valence-corrected chi connectivity index (χ3v) is 4.06. The summed E-state index contributed by atoms with van der Waals surface area (Å²) in [6.45, 7) is -0.0878. The second-order valence-electron chi connectivity index (χ2n) is 4.94. The fourth-order valence-corrected chi connectivity index (χ4v) is 2.82. The predicted octanol–water partition coefficient (Wildman–Crippen LogP) is 4.06. The van der Waals surface area contributed by atoms with Crippen LogP contribution < -0.4 is 15.8 Å². The van der Waals surface area contributed by atoms with Gasteiger partial charge in [-0.3, -0.25) is 4.79 Å². The third-order valence-electron chi connectivity index (χ3n) is 3.15. The normalized spacial score (nSPS) is 10.4. The van der Waals surface area contributed by atoms with Crippen molar-refractivity contribution in [3.05, 3.63) is 58.9 Å². The molecule has 3 aromatic rings. The molecule has 0 unspecified atom stereocenters. The molecule has 7 heteroatoms. The van der Waals surface area contributed by atoms with E-state index in [0.29, 0.717) is 21.6 Å². The van der Waals surface area contributed by atoms with Crippen molar-refractivity contribution < 1.29 is 9.53 Å². The zero-order valence-corrected chi connectivity index (χ0v) is 14.1. The Balaban J connectivity index is 1.55. The fraction of sp³-hybridized carbons (Fsp3) is 0.0588. The summed E-state index contributed by atoms with van der Waals surface area (Å²) >= 11 is 7.27. The number of nitrogen functional groups attached to an aromatic ring is 1. The predicted molar refractivity (Wildman–Crippen MR) is 97.5 cm³/mol. The van der Waals surface area contributed by atoms with Gasteiger partial charge in [0.05, 0.1) is 5.69 Å². The number of ether oxygens (including phenoxy) is 1. The third kappa shape index (κ3) is 4.24. The molecule has 122 valence electrons. The molecule has 0 bridgehead atoms. The molecule has 3 N–H and O–H groups in total. The number of carbonyl (C=O) groups excluding carboxylic acids is 1. The van der Waals surface area contributed by atoms with Crippen molar-refractivity contribution in [3.8, 4) is 17.0 Å². The van der Waals surface area contributed by atoms with Crippen molar-refractivity contribution >= 4 is 39.7 Å². The van der Waals surface area contributed by atoms with E-state index in [1.807, 2.05) is 17.5 Å². The van der Waals surface area contributed by atoms with Gasteiger partial charge in [0.15, 0.2) is 11.7 Å². The van der Waals surface area contributed by atoms with Crippen molar-refractivity contribution in [2.75, 3.05) is 17.7 Å². The summed E-state index contributed by atoms with van der Waals surface area (Å²) in [4.78, 5) is 16.1. The number of anilines is 2. The van der Waals surface area contributed by atoms with Gasteiger partial charge in [0, 0.05) is 21.7 Å². The summed E-state index contributed by atoms with van der Waals surface area (Å²) < 4.78 is 5.48. The smallest absolute Gasteiger partial charge is 0.262 e. The lowest BCUT2D eigenvalue weighted by atomic mass is 10.2. The van der Waals surface area contributed by atoms with Crippen LogP contribution in [0.15, 0.2) is 53.9 Å². The molecule has 1 amide bonds. The quantitative estimate of drug-likeness (QED) is 0.720. The van der Waals surface area contributed by atoms with E-state index >= 15 is 0 Å². The lowest BCUT2D eigenvalue weighted by Gasteiger charge is -2.08. The van der Waals surface area contributed by atoms with Gasteiger partial charge >= 0.3 is 0 Å². The van der Waals surface area contributed by atoms with Crippen molar-refractivity contribution in [2.45, 2.75) is 0 Å². The number of aromatic nitrogens is 1. The summed E-state index contributed by atoms with van der Waals surface area (Å²) in [5, 5.41) is 5.71. The van der Waals surface area contributed by atoms with Crippen LogP contribution in [0, 0.1) is 0 Å². The molecule has 0 aliphatic rings. The highest BCUT2D eigenvalue weighted by Gasteiger charge is 2.06. The first kappa shape index (κ1) is 16.3. The molecule has 2 aromatic carbocycles. The van der Waals surface area contributed by atoms with Gasteiger partial charge in [-0.05, 0) is 42.5 Å². The Morgan fingerprint density at radius 3 is 2.71 bits per heavy atom. The van der Waals surface area contributed by atoms with E-state index in [2.05, 4.69) is 10.3 Å². The van der Waals surface area contributed by atoms with E-state index in [-0.39, 0.29) is 12.5 Å². The average Bonchev–Trinajstić information content (AvgIpc) is 3.00. The number of nitrogens with one attached hydrogen (secondary N) is 1. The van der Waals surface area contributed by atoms with Crippen LogP contribution in [0.1, 0.15) is 0 Å². The Morgan fingerprint density at radius 2 is 2.04 bits per heavy atom. The molecular formula is C17H14ClN3O2S. The molecular weight excluding hydrogens is 346 g/mol. The molecule has 0 radical (unpaired) electrons. The fourth-order valence-electron chi connectivity index (χ4n) is 2.05. The van der Waals surface area contributed by atoms with Crippen LogP contribution in [0.5, 0.6) is 5.75 Å². The van der Waals surface area contributed by atoms with Crippen molar-refractivity contribution in [3.63, 3.8) is 0 Å². The van der Waals surface area contributed by atoms with E-state index in [9.17, 15) is 4.79 Å². The number of benzene rings is 2. The molecule has 1 heterocycles. The zero-order chi connectivity index (χ0) is 16.9. The second-order valence-corrected chi connectivity index (χ2v) is 6.27. The second kappa shape index (κ2) is 7.33. The molecule has 3 rings (SSSR count). The Morgan fingerprint density at radius 1 is 1.25 bits per heavy atom. The molecule has 0 spiro atoms. The molecule has 0 saturated carbocycles. The first-order valence-electron chi connectivity index (χ1n) is 7.10. The highest BCUT2D eigenvalue weighted by atomic mass is 35.5. The minimum Gasteiger partial charge on any atom is -0.484 e. The number of rotatable bonds is 5. The summed E-state index contributed by atoms with van der Waals surface area (Å²) in [6, 6.07) is 14.3. The van der Waals surface area contributed by atoms with Gasteiger partial charge in [0.1, 0.15) is 5.75 Å². The van der Waals surface area contributed by atoms with Crippen molar-refractivity contribution in [2.24, 2.45) is 0 Å². The van der Waals surface area contributed by atoms with Gasteiger partial charge in [-0.2, -0.15) is 0 Å². The van der Waals surface area contributed by atoms with Crippen LogP contribution in [0.3, 0.4) is 0 Å². The minimum absolute atomic E-state index is 0.0878. The standard InChI is InChI=1S/C17H14ClN3O2S/c18-12-2-1-3-13(8-12)20-16(22)9-23-14-6-4-11(5-7-14)15-10-24-17(19)21-15/h1-8,10H,9H2,(H2,19,21)(H,20,22). The molecule has 0 fully saturated rings. The van der Waals surface area contributed by atoms with Gasteiger partial charge in [-0.15, -0.1) is 11.3 Å². The van der Waals surface area contributed by atoms with Crippen LogP contribution >= 0.6 is 22.9 Å². The number of halogens is 1. The minimum atomic E-state index is -0.256. The topological polar surface area (TPSA) is 77.2 Å². The highest BCUT2D eigenvalue weighted by Crippen LogP contribution is 2.25. The first-order valence-corrected chi connectivity index (χ1v) is 8.35. The largest absolute Gasteiger partial charge is 0.484 e. The highest BCUT2D eigenvalue weighted by molar-refractivity contribution is 7.13. The number of carbonyl (C=O) groups is 1. The van der Waals surface area contributed by atoms with E-state index in [0.717, 1.165) is 11.3 Å². The maximum atomic E-state index is 11.9. The van der Waals surface area contributed by atoms with E-state index in [4.69, 9.17) is 22.1 Å². The summed E-state index contributed by atoms with van der Waals surface area (Å²) in [5.41, 5.74) is 8.03. The average molecular weight is 360 g/mol. The molecule has 0 aliphatic carbocycles. The van der Waals surface area contributed by atoms with E-state index in [1.165, 1.54) is 11.3 Å². The Kier molecular flexibility index (Phi) is 4.98. The SMILES string of the molecule is Nc1nc(-c2ccc(OCC(=O)Nc3cccc(Cl)c3)cc2)cs1.